The minimum Gasteiger partial charge on any atom is -0.444 e. The second kappa shape index (κ2) is 8.35. The number of nitrogens with one attached hydrogen (secondary N) is 2. The first-order chi connectivity index (χ1) is 8.28. The van der Waals surface area contributed by atoms with E-state index in [4.69, 9.17) is 4.74 Å². The Kier molecular flexibility index (Phi) is 8.00. The van der Waals surface area contributed by atoms with Crippen molar-refractivity contribution in [2.75, 3.05) is 6.54 Å². The van der Waals surface area contributed by atoms with Gasteiger partial charge < -0.3 is 15.4 Å². The van der Waals surface area contributed by atoms with Crippen molar-refractivity contribution in [3.05, 3.63) is 0 Å². The highest BCUT2D eigenvalue weighted by Gasteiger charge is 2.18. The van der Waals surface area contributed by atoms with Gasteiger partial charge in [-0.1, -0.05) is 20.3 Å². The van der Waals surface area contributed by atoms with E-state index in [9.17, 15) is 4.79 Å². The van der Waals surface area contributed by atoms with Crippen LogP contribution in [0.25, 0.3) is 0 Å². The normalized spacial score (nSPS) is 15.0. The third-order valence-electron chi connectivity index (χ3n) is 2.65. The summed E-state index contributed by atoms with van der Waals surface area (Å²) in [4.78, 5) is 11.6. The van der Waals surface area contributed by atoms with Crippen molar-refractivity contribution in [2.24, 2.45) is 0 Å². The maximum atomic E-state index is 11.6. The second-order valence-electron chi connectivity index (χ2n) is 5.85. The SMILES string of the molecule is CCCC(C)NCC(CC)NC(=O)OC(C)(C)C. The topological polar surface area (TPSA) is 50.4 Å². The average molecular weight is 258 g/mol. The van der Waals surface area contributed by atoms with Gasteiger partial charge in [-0.3, -0.25) is 0 Å². The number of ether oxygens (including phenoxy) is 1. The summed E-state index contributed by atoms with van der Waals surface area (Å²) in [5.41, 5.74) is -0.439. The molecule has 0 heterocycles. The monoisotopic (exact) mass is 258 g/mol. The van der Waals surface area contributed by atoms with E-state index in [1.165, 1.54) is 6.42 Å². The third-order valence-corrected chi connectivity index (χ3v) is 2.65. The lowest BCUT2D eigenvalue weighted by Crippen LogP contribution is -2.45. The van der Waals surface area contributed by atoms with Crippen LogP contribution < -0.4 is 10.6 Å². The molecule has 0 radical (unpaired) electrons. The minimum atomic E-state index is -0.439. The predicted octanol–water partition coefficient (Wildman–Crippen LogP) is 3.07. The molecule has 0 rings (SSSR count). The van der Waals surface area contributed by atoms with Crippen molar-refractivity contribution in [1.82, 2.24) is 10.6 Å². The van der Waals surface area contributed by atoms with E-state index < -0.39 is 5.60 Å². The molecule has 0 fully saturated rings. The Morgan fingerprint density at radius 2 is 1.89 bits per heavy atom. The first-order valence-corrected chi connectivity index (χ1v) is 7.01. The molecule has 18 heavy (non-hydrogen) atoms. The van der Waals surface area contributed by atoms with Crippen LogP contribution >= 0.6 is 0 Å². The number of carbonyl (C=O) groups is 1. The number of rotatable bonds is 7. The van der Waals surface area contributed by atoms with Gasteiger partial charge in [-0.2, -0.15) is 0 Å². The number of hydrogen-bond donors (Lipinski definition) is 2. The molecule has 2 unspecified atom stereocenters. The van der Waals surface area contributed by atoms with E-state index in [1.807, 2.05) is 20.8 Å². The molecule has 0 saturated carbocycles. The summed E-state index contributed by atoms with van der Waals surface area (Å²) in [5, 5.41) is 6.33. The largest absolute Gasteiger partial charge is 0.444 e. The highest BCUT2D eigenvalue weighted by molar-refractivity contribution is 5.68. The zero-order valence-corrected chi connectivity index (χ0v) is 12.8. The molecule has 0 aromatic rings. The first-order valence-electron chi connectivity index (χ1n) is 7.01. The van der Waals surface area contributed by atoms with Gasteiger partial charge in [0.25, 0.3) is 0 Å². The van der Waals surface area contributed by atoms with Crippen molar-refractivity contribution in [3.63, 3.8) is 0 Å². The molecule has 2 atom stereocenters. The van der Waals surface area contributed by atoms with E-state index in [-0.39, 0.29) is 12.1 Å². The molecule has 0 spiro atoms. The van der Waals surface area contributed by atoms with Crippen LogP contribution in [0.1, 0.15) is 60.8 Å². The van der Waals surface area contributed by atoms with Gasteiger partial charge >= 0.3 is 6.09 Å². The van der Waals surface area contributed by atoms with Gasteiger partial charge in [0, 0.05) is 18.6 Å². The zero-order chi connectivity index (χ0) is 14.2. The lowest BCUT2D eigenvalue weighted by molar-refractivity contribution is 0.0502. The Balaban J connectivity index is 4.00. The Morgan fingerprint density at radius 1 is 1.28 bits per heavy atom. The number of carbonyl (C=O) groups excluding carboxylic acids is 1. The molecule has 0 saturated heterocycles. The summed E-state index contributed by atoms with van der Waals surface area (Å²) >= 11 is 0. The van der Waals surface area contributed by atoms with Crippen LogP contribution in [0.2, 0.25) is 0 Å². The Bertz CT molecular complexity index is 236. The molecule has 0 aliphatic rings. The average Bonchev–Trinajstić information content (AvgIpc) is 2.22. The van der Waals surface area contributed by atoms with E-state index >= 15 is 0 Å². The maximum Gasteiger partial charge on any atom is 0.407 e. The number of hydrogen-bond acceptors (Lipinski definition) is 3. The Hall–Kier alpha value is -0.770. The van der Waals surface area contributed by atoms with Crippen molar-refractivity contribution in [3.8, 4) is 0 Å². The standard InChI is InChI=1S/C14H30N2O2/c1-7-9-11(3)15-10-12(8-2)16-13(17)18-14(4,5)6/h11-12,15H,7-10H2,1-6H3,(H,16,17). The molecule has 0 aromatic heterocycles. The first kappa shape index (κ1) is 17.2. The quantitative estimate of drug-likeness (QED) is 0.738. The van der Waals surface area contributed by atoms with Gasteiger partial charge in [0.05, 0.1) is 0 Å². The summed E-state index contributed by atoms with van der Waals surface area (Å²) in [6.07, 6.45) is 2.89. The second-order valence-corrected chi connectivity index (χ2v) is 5.85. The van der Waals surface area contributed by atoms with Gasteiger partial charge in [0.1, 0.15) is 5.60 Å². The predicted molar refractivity (Wildman–Crippen MR) is 75.8 cm³/mol. The van der Waals surface area contributed by atoms with Gasteiger partial charge in [-0.05, 0) is 40.5 Å². The molecule has 0 bridgehead atoms. The van der Waals surface area contributed by atoms with E-state index in [0.717, 1.165) is 19.4 Å². The van der Waals surface area contributed by atoms with E-state index in [1.54, 1.807) is 0 Å². The summed E-state index contributed by atoms with van der Waals surface area (Å²) in [5.74, 6) is 0. The Labute approximate surface area is 112 Å². The highest BCUT2D eigenvalue weighted by Crippen LogP contribution is 2.07. The Morgan fingerprint density at radius 3 is 2.33 bits per heavy atom. The van der Waals surface area contributed by atoms with Crippen molar-refractivity contribution >= 4 is 6.09 Å². The van der Waals surface area contributed by atoms with Crippen LogP contribution in [0.15, 0.2) is 0 Å². The summed E-state index contributed by atoms with van der Waals surface area (Å²) in [7, 11) is 0. The maximum absolute atomic E-state index is 11.6. The molecular formula is C14H30N2O2. The molecule has 108 valence electrons. The van der Waals surface area contributed by atoms with Crippen LogP contribution in [0, 0.1) is 0 Å². The lowest BCUT2D eigenvalue weighted by Gasteiger charge is -2.24. The highest BCUT2D eigenvalue weighted by atomic mass is 16.6. The van der Waals surface area contributed by atoms with Gasteiger partial charge in [-0.15, -0.1) is 0 Å². The molecule has 0 aromatic carbocycles. The zero-order valence-electron chi connectivity index (χ0n) is 12.8. The summed E-state index contributed by atoms with van der Waals surface area (Å²) in [6.45, 7) is 12.8. The van der Waals surface area contributed by atoms with Crippen LogP contribution in [-0.4, -0.2) is 30.3 Å². The van der Waals surface area contributed by atoms with Gasteiger partial charge in [0.2, 0.25) is 0 Å². The smallest absolute Gasteiger partial charge is 0.407 e. The van der Waals surface area contributed by atoms with Gasteiger partial charge in [0.15, 0.2) is 0 Å². The molecule has 1 amide bonds. The number of amides is 1. The minimum absolute atomic E-state index is 0.124. The molecule has 4 heteroatoms. The fourth-order valence-electron chi connectivity index (χ4n) is 1.65. The molecule has 0 aliphatic heterocycles. The summed E-state index contributed by atoms with van der Waals surface area (Å²) in [6, 6.07) is 0.614. The third kappa shape index (κ3) is 9.28. The van der Waals surface area contributed by atoms with E-state index in [2.05, 4.69) is 31.4 Å². The molecular weight excluding hydrogens is 228 g/mol. The molecule has 4 nitrogen and oxygen atoms in total. The number of alkyl carbamates (subject to hydrolysis) is 1. The van der Waals surface area contributed by atoms with Crippen LogP contribution in [0.5, 0.6) is 0 Å². The van der Waals surface area contributed by atoms with E-state index in [0.29, 0.717) is 6.04 Å². The van der Waals surface area contributed by atoms with Gasteiger partial charge in [-0.25, -0.2) is 4.79 Å². The lowest BCUT2D eigenvalue weighted by atomic mass is 10.1. The van der Waals surface area contributed by atoms with Crippen molar-refractivity contribution in [1.29, 1.82) is 0 Å². The van der Waals surface area contributed by atoms with Crippen LogP contribution in [0.4, 0.5) is 4.79 Å². The van der Waals surface area contributed by atoms with Crippen molar-refractivity contribution in [2.45, 2.75) is 78.5 Å². The fraction of sp³-hybridized carbons (Fsp3) is 0.929. The molecule has 2 N–H and O–H groups in total. The van der Waals surface area contributed by atoms with Crippen LogP contribution in [0.3, 0.4) is 0 Å². The summed E-state index contributed by atoms with van der Waals surface area (Å²) < 4.78 is 5.25. The molecule has 0 aliphatic carbocycles. The fourth-order valence-corrected chi connectivity index (χ4v) is 1.65. The van der Waals surface area contributed by atoms with Crippen molar-refractivity contribution < 1.29 is 9.53 Å². The van der Waals surface area contributed by atoms with Crippen LogP contribution in [-0.2, 0) is 4.74 Å².